The Morgan fingerprint density at radius 1 is 1.23 bits per heavy atom. The number of hydrogen-bond donors (Lipinski definition) is 1. The van der Waals surface area contributed by atoms with Crippen molar-refractivity contribution in [3.8, 4) is 10.8 Å². The van der Waals surface area contributed by atoms with E-state index >= 15 is 0 Å². The van der Waals surface area contributed by atoms with E-state index in [1.807, 2.05) is 0 Å². The van der Waals surface area contributed by atoms with E-state index in [4.69, 9.17) is 14.2 Å². The highest BCUT2D eigenvalue weighted by atomic mass is 32.1. The summed E-state index contributed by atoms with van der Waals surface area (Å²) in [5.41, 5.74) is -1.76. The number of thiophene rings is 1. The molecule has 1 fully saturated rings. The molecule has 0 bridgehead atoms. The number of hydrogen-bond acceptors (Lipinski definition) is 8. The zero-order chi connectivity index (χ0) is 30.9. The van der Waals surface area contributed by atoms with Crippen molar-refractivity contribution < 1.29 is 23.4 Å². The molecule has 1 saturated carbocycles. The third-order valence-electron chi connectivity index (χ3n) is 7.95. The van der Waals surface area contributed by atoms with Crippen molar-refractivity contribution in [1.29, 1.82) is 0 Å². The van der Waals surface area contributed by atoms with Crippen LogP contribution in [0.25, 0.3) is 15.2 Å². The molecule has 43 heavy (non-hydrogen) atoms. The monoisotopic (exact) mass is 613 g/mol. The highest BCUT2D eigenvalue weighted by Crippen LogP contribution is 2.34. The average Bonchev–Trinajstić information content (AvgIpc) is 3.60. The van der Waals surface area contributed by atoms with Crippen LogP contribution in [0.1, 0.15) is 50.3 Å². The number of ether oxygens (including phenoxy) is 3. The fourth-order valence-corrected chi connectivity index (χ4v) is 6.49. The second kappa shape index (κ2) is 12.4. The van der Waals surface area contributed by atoms with Gasteiger partial charge in [-0.05, 0) is 64.3 Å². The molecule has 1 amide bonds. The highest BCUT2D eigenvalue weighted by Gasteiger charge is 2.37. The third-order valence-corrected chi connectivity index (χ3v) is 9.25. The Morgan fingerprint density at radius 3 is 2.63 bits per heavy atom. The number of carbonyl (C=O) groups is 1. The number of benzene rings is 1. The molecule has 230 valence electrons. The summed E-state index contributed by atoms with van der Waals surface area (Å²) in [4.78, 5) is 42.5. The molecule has 5 rings (SSSR count). The Morgan fingerprint density at radius 2 is 2.00 bits per heavy atom. The maximum Gasteiger partial charge on any atom is 0.333 e. The lowest BCUT2D eigenvalue weighted by Crippen LogP contribution is -2.57. The van der Waals surface area contributed by atoms with Gasteiger partial charge in [-0.25, -0.2) is 18.4 Å². The molecule has 0 radical (unpaired) electrons. The van der Waals surface area contributed by atoms with Gasteiger partial charge in [-0.2, -0.15) is 5.10 Å². The standard InChI is InChI=1S/C30H36FN5O6S/c1-18-24-25(37)36(30(2,3)28(38)33-20-8-6-9-20)29(39)34(27(24)43-26(18)35-13-7-12-32-35)17-23(42-15-14-40-4)21-16-19(31)10-11-22(21)41-5/h7,10-13,16,20,23H,6,8-9,14-15,17H2,1-5H3,(H,33,38)/t23-/m0/s1. The van der Waals surface area contributed by atoms with E-state index in [9.17, 15) is 18.8 Å². The van der Waals surface area contributed by atoms with Crippen LogP contribution in [0.3, 0.4) is 0 Å². The molecule has 0 aliphatic heterocycles. The van der Waals surface area contributed by atoms with Crippen molar-refractivity contribution in [2.75, 3.05) is 27.4 Å². The lowest BCUT2D eigenvalue weighted by Gasteiger charge is -2.32. The number of fused-ring (bicyclic) bond motifs is 1. The summed E-state index contributed by atoms with van der Waals surface area (Å²) in [6.07, 6.45) is 5.24. The quantitative estimate of drug-likeness (QED) is 0.242. The number of amides is 1. The molecule has 4 aromatic rings. The van der Waals surface area contributed by atoms with Gasteiger partial charge in [0.25, 0.3) is 5.56 Å². The first kappa shape index (κ1) is 30.6. The molecular formula is C30H36FN5O6S. The van der Waals surface area contributed by atoms with E-state index < -0.39 is 34.6 Å². The molecule has 13 heteroatoms. The van der Waals surface area contributed by atoms with Crippen LogP contribution >= 0.6 is 11.3 Å². The number of carbonyl (C=O) groups excluding carboxylic acids is 1. The Bertz CT molecular complexity index is 1740. The van der Waals surface area contributed by atoms with Gasteiger partial charge in [-0.1, -0.05) is 11.3 Å². The molecule has 11 nitrogen and oxygen atoms in total. The van der Waals surface area contributed by atoms with Crippen molar-refractivity contribution >= 4 is 27.5 Å². The topological polar surface area (TPSA) is 119 Å². The largest absolute Gasteiger partial charge is 0.496 e. The van der Waals surface area contributed by atoms with E-state index in [2.05, 4.69) is 10.4 Å². The van der Waals surface area contributed by atoms with Crippen LogP contribution in [0.4, 0.5) is 4.39 Å². The van der Waals surface area contributed by atoms with Gasteiger partial charge >= 0.3 is 5.69 Å². The van der Waals surface area contributed by atoms with E-state index in [0.29, 0.717) is 32.1 Å². The molecule has 3 heterocycles. The molecule has 0 saturated heterocycles. The van der Waals surface area contributed by atoms with Gasteiger partial charge in [0.05, 0.1) is 32.3 Å². The van der Waals surface area contributed by atoms with Crippen molar-refractivity contribution in [3.05, 3.63) is 74.4 Å². The number of aryl methyl sites for hydroxylation is 1. The summed E-state index contributed by atoms with van der Waals surface area (Å²) < 4.78 is 35.4. The molecule has 0 unspecified atom stereocenters. The number of aromatic nitrogens is 4. The number of methoxy groups -OCH3 is 2. The van der Waals surface area contributed by atoms with E-state index in [-0.39, 0.29) is 25.8 Å². The van der Waals surface area contributed by atoms with E-state index in [1.54, 1.807) is 43.9 Å². The van der Waals surface area contributed by atoms with Crippen molar-refractivity contribution in [2.45, 2.75) is 64.3 Å². The van der Waals surface area contributed by atoms with Gasteiger partial charge in [0.15, 0.2) is 0 Å². The van der Waals surface area contributed by atoms with Crippen LogP contribution in [0.15, 0.2) is 46.2 Å². The number of nitrogens with zero attached hydrogens (tertiary/aromatic N) is 4. The highest BCUT2D eigenvalue weighted by molar-refractivity contribution is 7.21. The predicted octanol–water partition coefficient (Wildman–Crippen LogP) is 3.67. The fraction of sp³-hybridized carbons (Fsp3) is 0.467. The summed E-state index contributed by atoms with van der Waals surface area (Å²) in [6.45, 7) is 5.23. The molecule has 1 atom stereocenters. The SMILES string of the molecule is COCCO[C@@H](Cn1c(=O)n(C(C)(C)C(=O)NC2CCC2)c(=O)c2c(C)c(-n3cccn3)sc21)c1cc(F)ccc1OC. The minimum atomic E-state index is -1.51. The molecule has 1 aliphatic carbocycles. The second-order valence-corrected chi connectivity index (χ2v) is 12.1. The molecular weight excluding hydrogens is 577 g/mol. The second-order valence-electron chi connectivity index (χ2n) is 11.1. The maximum absolute atomic E-state index is 14.5. The van der Waals surface area contributed by atoms with E-state index in [0.717, 1.165) is 23.8 Å². The predicted molar refractivity (Wildman–Crippen MR) is 161 cm³/mol. The zero-order valence-electron chi connectivity index (χ0n) is 24.9. The van der Waals surface area contributed by atoms with Gasteiger partial charge in [0.2, 0.25) is 5.91 Å². The molecule has 1 N–H and O–H groups in total. The Balaban J connectivity index is 1.73. The summed E-state index contributed by atoms with van der Waals surface area (Å²) in [7, 11) is 3.00. The van der Waals surface area contributed by atoms with Crippen molar-refractivity contribution in [3.63, 3.8) is 0 Å². The molecule has 1 aromatic carbocycles. The Hall–Kier alpha value is -3.81. The smallest absolute Gasteiger partial charge is 0.333 e. The number of nitrogens with one attached hydrogen (secondary N) is 1. The normalized spacial score (nSPS) is 14.6. The van der Waals surface area contributed by atoms with Crippen LogP contribution in [0, 0.1) is 12.7 Å². The van der Waals surface area contributed by atoms with Crippen LogP contribution in [0.5, 0.6) is 5.75 Å². The lowest BCUT2D eigenvalue weighted by molar-refractivity contribution is -0.130. The Labute approximate surface area is 251 Å². The summed E-state index contributed by atoms with van der Waals surface area (Å²) >= 11 is 1.23. The first-order valence-electron chi connectivity index (χ1n) is 14.1. The van der Waals surface area contributed by atoms with Gasteiger partial charge in [0.1, 0.15) is 33.0 Å². The van der Waals surface area contributed by atoms with Crippen molar-refractivity contribution in [2.24, 2.45) is 0 Å². The minimum Gasteiger partial charge on any atom is -0.496 e. The van der Waals surface area contributed by atoms with Crippen LogP contribution in [0.2, 0.25) is 0 Å². The van der Waals surface area contributed by atoms with Gasteiger partial charge in [-0.15, -0.1) is 0 Å². The van der Waals surface area contributed by atoms with Crippen LogP contribution in [-0.4, -0.2) is 58.3 Å². The first-order chi connectivity index (χ1) is 20.6. The third kappa shape index (κ3) is 5.76. The number of rotatable bonds is 12. The maximum atomic E-state index is 14.5. The van der Waals surface area contributed by atoms with Gasteiger partial charge in [0, 0.05) is 36.7 Å². The molecule has 0 spiro atoms. The summed E-state index contributed by atoms with van der Waals surface area (Å²) in [5, 5.41) is 8.27. The molecule has 3 aromatic heterocycles. The zero-order valence-corrected chi connectivity index (χ0v) is 25.7. The fourth-order valence-electron chi connectivity index (χ4n) is 5.25. The van der Waals surface area contributed by atoms with Gasteiger partial charge < -0.3 is 19.5 Å². The lowest BCUT2D eigenvalue weighted by atomic mass is 9.91. The van der Waals surface area contributed by atoms with E-state index in [1.165, 1.54) is 48.3 Å². The minimum absolute atomic E-state index is 0.0155. The first-order valence-corrected chi connectivity index (χ1v) is 14.9. The number of halogens is 1. The van der Waals surface area contributed by atoms with Gasteiger partial charge in [-0.3, -0.25) is 14.2 Å². The summed E-state index contributed by atoms with van der Waals surface area (Å²) in [6, 6.07) is 5.86. The Kier molecular flexibility index (Phi) is 8.86. The average molecular weight is 614 g/mol. The molecule has 1 aliphatic rings. The van der Waals surface area contributed by atoms with Crippen molar-refractivity contribution in [1.82, 2.24) is 24.2 Å². The van der Waals surface area contributed by atoms with Crippen LogP contribution in [-0.2, 0) is 26.4 Å². The van der Waals surface area contributed by atoms with Crippen LogP contribution < -0.4 is 21.3 Å². The summed E-state index contributed by atoms with van der Waals surface area (Å²) in [5.74, 6) is -0.538.